The molecule has 0 fully saturated rings. The molecule has 1 heterocycles. The number of nitrogens with zero attached hydrogens (tertiary/aromatic N) is 2. The second kappa shape index (κ2) is 4.29. The van der Waals surface area contributed by atoms with Gasteiger partial charge in [0.15, 0.2) is 0 Å². The maximum atomic E-state index is 4.29. The van der Waals surface area contributed by atoms with Gasteiger partial charge in [0, 0.05) is 10.9 Å². The van der Waals surface area contributed by atoms with E-state index >= 15 is 0 Å². The molecule has 0 aliphatic heterocycles. The third-order valence-corrected chi connectivity index (χ3v) is 3.80. The van der Waals surface area contributed by atoms with Crippen LogP contribution in [0.15, 0.2) is 24.4 Å². The highest BCUT2D eigenvalue weighted by molar-refractivity contribution is 14.2. The highest BCUT2D eigenvalue weighted by Crippen LogP contribution is 2.28. The molecular formula is C10H8IN2P. The van der Waals surface area contributed by atoms with E-state index < -0.39 is 0 Å². The average Bonchev–Trinajstić information content (AvgIpc) is 2.60. The van der Waals surface area contributed by atoms with E-state index in [1.54, 1.807) is 0 Å². The molecule has 0 saturated carbocycles. The fourth-order valence-electron chi connectivity index (χ4n) is 1.32. The highest BCUT2D eigenvalue weighted by Gasteiger charge is 2.00. The molecule has 1 atom stereocenters. The SMILES string of the molecule is CC#Cc1ccc2c(cnn2PI)c1. The Kier molecular flexibility index (Phi) is 3.05. The Hall–Kier alpha value is -0.590. The normalized spacial score (nSPS) is 10.7. The van der Waals surface area contributed by atoms with E-state index in [9.17, 15) is 0 Å². The lowest BCUT2D eigenvalue weighted by atomic mass is 10.2. The van der Waals surface area contributed by atoms with Crippen molar-refractivity contribution in [3.63, 3.8) is 0 Å². The van der Waals surface area contributed by atoms with Crippen LogP contribution in [-0.4, -0.2) is 9.55 Å². The Morgan fingerprint density at radius 3 is 3.07 bits per heavy atom. The molecule has 0 radical (unpaired) electrons. The van der Waals surface area contributed by atoms with Crippen molar-refractivity contribution in [2.45, 2.75) is 6.92 Å². The van der Waals surface area contributed by atoms with E-state index in [1.807, 2.05) is 23.6 Å². The molecule has 1 aromatic heterocycles. The van der Waals surface area contributed by atoms with Gasteiger partial charge in [0.2, 0.25) is 0 Å². The van der Waals surface area contributed by atoms with Gasteiger partial charge in [-0.05, 0) is 47.2 Å². The summed E-state index contributed by atoms with van der Waals surface area (Å²) < 4.78 is 2.00. The minimum absolute atomic E-state index is 0.646. The van der Waals surface area contributed by atoms with Crippen LogP contribution in [0, 0.1) is 11.8 Å². The summed E-state index contributed by atoms with van der Waals surface area (Å²) in [5.41, 5.74) is 2.23. The summed E-state index contributed by atoms with van der Waals surface area (Å²) in [6.07, 6.45) is 2.54. The number of rotatable bonds is 1. The van der Waals surface area contributed by atoms with Crippen molar-refractivity contribution in [1.29, 1.82) is 0 Å². The minimum atomic E-state index is 0.646. The molecule has 0 amide bonds. The van der Waals surface area contributed by atoms with Gasteiger partial charge in [-0.3, -0.25) is 0 Å². The summed E-state index contributed by atoms with van der Waals surface area (Å²) in [6, 6.07) is 6.19. The van der Waals surface area contributed by atoms with Gasteiger partial charge in [0.25, 0.3) is 0 Å². The second-order valence-corrected chi connectivity index (χ2v) is 4.83. The first-order chi connectivity index (χ1) is 6.85. The van der Waals surface area contributed by atoms with E-state index in [2.05, 4.69) is 51.1 Å². The summed E-state index contributed by atoms with van der Waals surface area (Å²) >= 11 is 2.32. The van der Waals surface area contributed by atoms with Crippen molar-refractivity contribution < 1.29 is 0 Å². The monoisotopic (exact) mass is 314 g/mol. The van der Waals surface area contributed by atoms with Gasteiger partial charge < -0.3 is 0 Å². The Balaban J connectivity index is 2.61. The number of fused-ring (bicyclic) bond motifs is 1. The minimum Gasteiger partial charge on any atom is -0.237 e. The number of benzene rings is 1. The number of hydrogen-bond donors (Lipinski definition) is 0. The quantitative estimate of drug-likeness (QED) is 0.449. The molecule has 2 aromatic rings. The van der Waals surface area contributed by atoms with Crippen molar-refractivity contribution in [3.8, 4) is 11.8 Å². The molecule has 0 saturated heterocycles. The highest BCUT2D eigenvalue weighted by atomic mass is 127. The van der Waals surface area contributed by atoms with Gasteiger partial charge in [-0.25, -0.2) is 4.45 Å². The summed E-state index contributed by atoms with van der Waals surface area (Å²) in [7, 11) is 0. The topological polar surface area (TPSA) is 17.8 Å². The first-order valence-corrected chi connectivity index (χ1v) is 8.18. The second-order valence-electron chi connectivity index (χ2n) is 2.79. The summed E-state index contributed by atoms with van der Waals surface area (Å²) in [5.74, 6) is 5.93. The first kappa shape index (κ1) is 9.95. The van der Waals surface area contributed by atoms with Crippen molar-refractivity contribution in [3.05, 3.63) is 30.0 Å². The molecule has 0 spiro atoms. The fraction of sp³-hybridized carbons (Fsp3) is 0.100. The van der Waals surface area contributed by atoms with Crippen molar-refractivity contribution in [1.82, 2.24) is 9.55 Å². The molecule has 0 bridgehead atoms. The lowest BCUT2D eigenvalue weighted by Gasteiger charge is -1.96. The van der Waals surface area contributed by atoms with E-state index in [-0.39, 0.29) is 0 Å². The maximum Gasteiger partial charge on any atom is 0.0730 e. The first-order valence-electron chi connectivity index (χ1n) is 4.12. The maximum absolute atomic E-state index is 4.29. The van der Waals surface area contributed by atoms with Crippen LogP contribution in [0.25, 0.3) is 10.9 Å². The molecule has 0 N–H and O–H groups in total. The van der Waals surface area contributed by atoms with Crippen LogP contribution in [0.1, 0.15) is 12.5 Å². The van der Waals surface area contributed by atoms with Gasteiger partial charge >= 0.3 is 0 Å². The number of aromatic nitrogens is 2. The molecule has 70 valence electrons. The van der Waals surface area contributed by atoms with Gasteiger partial charge in [-0.1, -0.05) is 5.92 Å². The lowest BCUT2D eigenvalue weighted by molar-refractivity contribution is 1.04. The van der Waals surface area contributed by atoms with Crippen LogP contribution in [0.2, 0.25) is 0 Å². The number of halogens is 1. The van der Waals surface area contributed by atoms with Gasteiger partial charge in [0.05, 0.1) is 18.1 Å². The zero-order valence-electron chi connectivity index (χ0n) is 7.58. The molecule has 0 aliphatic carbocycles. The molecule has 0 aliphatic rings. The van der Waals surface area contributed by atoms with E-state index in [0.29, 0.717) is 6.37 Å². The van der Waals surface area contributed by atoms with Gasteiger partial charge in [-0.2, -0.15) is 5.10 Å². The molecule has 2 rings (SSSR count). The van der Waals surface area contributed by atoms with Crippen LogP contribution in [0.4, 0.5) is 0 Å². The van der Waals surface area contributed by atoms with Gasteiger partial charge in [-0.15, -0.1) is 5.92 Å². The third-order valence-electron chi connectivity index (χ3n) is 1.92. The zero-order valence-corrected chi connectivity index (χ0v) is 10.7. The van der Waals surface area contributed by atoms with E-state index in [1.165, 1.54) is 5.52 Å². The Labute approximate surface area is 97.4 Å². The molecule has 2 nitrogen and oxygen atoms in total. The van der Waals surface area contributed by atoms with Crippen LogP contribution >= 0.6 is 28.4 Å². The Morgan fingerprint density at radius 1 is 1.50 bits per heavy atom. The summed E-state index contributed by atoms with van der Waals surface area (Å²) in [4.78, 5) is 0. The van der Waals surface area contributed by atoms with Crippen molar-refractivity contribution in [2.24, 2.45) is 0 Å². The van der Waals surface area contributed by atoms with Crippen LogP contribution in [0.3, 0.4) is 0 Å². The predicted molar refractivity (Wildman–Crippen MR) is 70.0 cm³/mol. The summed E-state index contributed by atoms with van der Waals surface area (Å²) in [5, 5.41) is 5.45. The van der Waals surface area contributed by atoms with E-state index in [4.69, 9.17) is 0 Å². The Morgan fingerprint density at radius 2 is 2.36 bits per heavy atom. The smallest absolute Gasteiger partial charge is 0.0730 e. The van der Waals surface area contributed by atoms with Gasteiger partial charge in [0.1, 0.15) is 0 Å². The zero-order chi connectivity index (χ0) is 9.97. The predicted octanol–water partition coefficient (Wildman–Crippen LogP) is 3.20. The third kappa shape index (κ3) is 1.77. The van der Waals surface area contributed by atoms with E-state index in [0.717, 1.165) is 10.9 Å². The fourth-order valence-corrected chi connectivity index (χ4v) is 2.87. The Bertz CT molecular complexity index is 522. The van der Waals surface area contributed by atoms with Crippen molar-refractivity contribution >= 4 is 39.3 Å². The largest absolute Gasteiger partial charge is 0.237 e. The molecule has 4 heteroatoms. The van der Waals surface area contributed by atoms with Crippen molar-refractivity contribution in [2.75, 3.05) is 0 Å². The van der Waals surface area contributed by atoms with Crippen LogP contribution in [-0.2, 0) is 0 Å². The van der Waals surface area contributed by atoms with Crippen LogP contribution in [0.5, 0.6) is 0 Å². The lowest BCUT2D eigenvalue weighted by Crippen LogP contribution is -1.81. The number of hydrogen-bond acceptors (Lipinski definition) is 1. The van der Waals surface area contributed by atoms with Crippen LogP contribution < -0.4 is 0 Å². The molecular weight excluding hydrogens is 306 g/mol. The molecule has 1 aromatic carbocycles. The molecule has 1 unspecified atom stereocenters. The summed E-state index contributed by atoms with van der Waals surface area (Å²) in [6.45, 7) is 1.85. The molecule has 14 heavy (non-hydrogen) atoms. The average molecular weight is 314 g/mol. The standard InChI is InChI=1S/C10H8IN2P/c1-2-3-8-4-5-10-9(6-8)7-12-13(10)14-11/h4-7,14H,1H3.